The molecule has 0 N–H and O–H groups in total. The van der Waals surface area contributed by atoms with E-state index in [9.17, 15) is 0 Å². The molecule has 1 atom stereocenters. The van der Waals surface area contributed by atoms with Crippen LogP contribution in [0.2, 0.25) is 0 Å². The van der Waals surface area contributed by atoms with Crippen LogP contribution in [0.25, 0.3) is 0 Å². The SMILES string of the molecule is [SiH3]OOOCCCCC1CO1. The molecule has 1 rings (SSSR count). The molecule has 0 aromatic rings. The standard InChI is InChI=1S/C6H14O4Si/c11-10-9-8-4-2-1-3-6-5-7-6/h6H,1-5H2,11H3. The number of unbranched alkanes of at least 4 members (excludes halogenated alkanes) is 1. The van der Waals surface area contributed by atoms with Crippen molar-refractivity contribution < 1.29 is 19.2 Å². The molecule has 0 spiro atoms. The topological polar surface area (TPSA) is 40.2 Å². The normalized spacial score (nSPS) is 22.4. The highest BCUT2D eigenvalue weighted by molar-refractivity contribution is 5.97. The van der Waals surface area contributed by atoms with Crippen molar-refractivity contribution in [3.8, 4) is 0 Å². The Balaban J connectivity index is 1.66. The molecule has 1 aliphatic rings. The van der Waals surface area contributed by atoms with Crippen molar-refractivity contribution >= 4 is 10.5 Å². The van der Waals surface area contributed by atoms with Crippen molar-refractivity contribution in [3.05, 3.63) is 0 Å². The lowest BCUT2D eigenvalue weighted by Gasteiger charge is -1.99. The molecule has 1 aliphatic heterocycles. The number of epoxide rings is 1. The molecule has 4 nitrogen and oxygen atoms in total. The first-order chi connectivity index (χ1) is 5.43. The monoisotopic (exact) mass is 178 g/mol. The van der Waals surface area contributed by atoms with E-state index in [1.165, 1.54) is 0 Å². The highest BCUT2D eigenvalue weighted by Gasteiger charge is 2.20. The summed E-state index contributed by atoms with van der Waals surface area (Å²) in [6, 6.07) is 0. The van der Waals surface area contributed by atoms with E-state index in [0.717, 1.165) is 25.9 Å². The third-order valence-electron chi connectivity index (χ3n) is 1.52. The predicted molar refractivity (Wildman–Crippen MR) is 41.7 cm³/mol. The first-order valence-electron chi connectivity index (χ1n) is 3.87. The van der Waals surface area contributed by atoms with Gasteiger partial charge < -0.3 is 4.74 Å². The first-order valence-corrected chi connectivity index (χ1v) is 4.69. The van der Waals surface area contributed by atoms with E-state index in [2.05, 4.69) is 14.5 Å². The van der Waals surface area contributed by atoms with Gasteiger partial charge in [0.2, 0.25) is 0 Å². The Labute approximate surface area is 69.2 Å². The smallest absolute Gasteiger partial charge is 0.197 e. The number of rotatable bonds is 7. The van der Waals surface area contributed by atoms with Gasteiger partial charge in [-0.25, -0.2) is 4.89 Å². The lowest BCUT2D eigenvalue weighted by molar-refractivity contribution is -0.467. The van der Waals surface area contributed by atoms with Gasteiger partial charge in [0.15, 0.2) is 10.5 Å². The fourth-order valence-electron chi connectivity index (χ4n) is 0.850. The Kier molecular flexibility index (Phi) is 4.72. The van der Waals surface area contributed by atoms with Crippen molar-refractivity contribution in [1.29, 1.82) is 0 Å². The summed E-state index contributed by atoms with van der Waals surface area (Å²) in [5.74, 6) is 0. The van der Waals surface area contributed by atoms with Crippen LogP contribution in [0.3, 0.4) is 0 Å². The Hall–Kier alpha value is 0.0569. The molecule has 1 fully saturated rings. The first kappa shape index (κ1) is 9.15. The average molecular weight is 178 g/mol. The minimum absolute atomic E-state index is 0.533. The van der Waals surface area contributed by atoms with E-state index < -0.39 is 0 Å². The molecule has 1 heterocycles. The number of ether oxygens (including phenoxy) is 1. The highest BCUT2D eigenvalue weighted by atomic mass is 28.2. The second-order valence-electron chi connectivity index (χ2n) is 2.51. The highest BCUT2D eigenvalue weighted by Crippen LogP contribution is 2.16. The van der Waals surface area contributed by atoms with Crippen molar-refractivity contribution in [1.82, 2.24) is 0 Å². The second-order valence-corrected chi connectivity index (χ2v) is 2.84. The maximum Gasteiger partial charge on any atom is 0.197 e. The largest absolute Gasteiger partial charge is 0.373 e. The lowest BCUT2D eigenvalue weighted by Crippen LogP contribution is -1.97. The van der Waals surface area contributed by atoms with E-state index in [-0.39, 0.29) is 0 Å². The summed E-state index contributed by atoms with van der Waals surface area (Å²) in [5, 5.41) is 4.29. The molecule has 0 radical (unpaired) electrons. The van der Waals surface area contributed by atoms with E-state index in [0.29, 0.717) is 23.2 Å². The van der Waals surface area contributed by atoms with E-state index in [4.69, 9.17) is 4.74 Å². The van der Waals surface area contributed by atoms with E-state index in [1.807, 2.05) is 0 Å². The Morgan fingerprint density at radius 3 is 2.91 bits per heavy atom. The van der Waals surface area contributed by atoms with Crippen LogP contribution in [0, 0.1) is 0 Å². The van der Waals surface area contributed by atoms with Crippen molar-refractivity contribution in [2.24, 2.45) is 0 Å². The molecular weight excluding hydrogens is 164 g/mol. The third-order valence-corrected chi connectivity index (χ3v) is 1.66. The van der Waals surface area contributed by atoms with Gasteiger partial charge >= 0.3 is 0 Å². The molecule has 1 unspecified atom stereocenters. The van der Waals surface area contributed by atoms with Crippen molar-refractivity contribution in [3.63, 3.8) is 0 Å². The van der Waals surface area contributed by atoms with Gasteiger partial charge in [-0.3, -0.25) is 4.58 Å². The number of hydrogen-bond acceptors (Lipinski definition) is 4. The molecule has 66 valence electrons. The minimum atomic E-state index is 0.533. The zero-order valence-corrected chi connectivity index (χ0v) is 8.75. The van der Waals surface area contributed by atoms with Crippen LogP contribution >= 0.6 is 0 Å². The summed E-state index contributed by atoms with van der Waals surface area (Å²) < 4.78 is 9.42. The van der Waals surface area contributed by atoms with Crippen LogP contribution in [0.4, 0.5) is 0 Å². The Bertz CT molecular complexity index is 96.6. The molecular formula is C6H14O4Si. The maximum atomic E-state index is 5.04. The van der Waals surface area contributed by atoms with Gasteiger partial charge in [-0.05, 0) is 19.3 Å². The third kappa shape index (κ3) is 5.34. The summed E-state index contributed by atoms with van der Waals surface area (Å²) in [4.78, 5) is 4.66. The van der Waals surface area contributed by atoms with Crippen LogP contribution < -0.4 is 0 Å². The Morgan fingerprint density at radius 1 is 1.45 bits per heavy atom. The molecule has 5 heteroatoms. The van der Waals surface area contributed by atoms with Crippen LogP contribution in [-0.2, 0) is 19.2 Å². The molecule has 0 amide bonds. The van der Waals surface area contributed by atoms with Gasteiger partial charge in [-0.1, -0.05) is 5.04 Å². The van der Waals surface area contributed by atoms with Crippen LogP contribution in [0.5, 0.6) is 0 Å². The van der Waals surface area contributed by atoms with Crippen molar-refractivity contribution in [2.75, 3.05) is 13.2 Å². The molecule has 0 aromatic carbocycles. The van der Waals surface area contributed by atoms with Gasteiger partial charge in [0.05, 0.1) is 19.3 Å². The van der Waals surface area contributed by atoms with Crippen LogP contribution in [0.15, 0.2) is 0 Å². The molecule has 0 aliphatic carbocycles. The molecule has 0 saturated carbocycles. The minimum Gasteiger partial charge on any atom is -0.373 e. The predicted octanol–water partition coefficient (Wildman–Crippen LogP) is -0.284. The summed E-state index contributed by atoms with van der Waals surface area (Å²) in [6.45, 7) is 1.55. The lowest BCUT2D eigenvalue weighted by atomic mass is 10.2. The van der Waals surface area contributed by atoms with Crippen molar-refractivity contribution in [2.45, 2.75) is 25.4 Å². The summed E-state index contributed by atoms with van der Waals surface area (Å²) in [5.41, 5.74) is 0. The van der Waals surface area contributed by atoms with E-state index >= 15 is 0 Å². The summed E-state index contributed by atoms with van der Waals surface area (Å²) in [7, 11) is 0.548. The maximum absolute atomic E-state index is 5.04. The van der Waals surface area contributed by atoms with Gasteiger partial charge in [-0.15, -0.1) is 0 Å². The van der Waals surface area contributed by atoms with Gasteiger partial charge in [0.1, 0.15) is 0 Å². The van der Waals surface area contributed by atoms with Crippen LogP contribution in [0.1, 0.15) is 19.3 Å². The Morgan fingerprint density at radius 2 is 2.27 bits per heavy atom. The second kappa shape index (κ2) is 5.67. The van der Waals surface area contributed by atoms with Gasteiger partial charge in [0, 0.05) is 0 Å². The fraction of sp³-hybridized carbons (Fsp3) is 1.00. The zero-order valence-electron chi connectivity index (χ0n) is 6.75. The summed E-state index contributed by atoms with van der Waals surface area (Å²) >= 11 is 0. The van der Waals surface area contributed by atoms with Gasteiger partial charge in [-0.2, -0.15) is 0 Å². The molecule has 1 saturated heterocycles. The quantitative estimate of drug-likeness (QED) is 0.177. The summed E-state index contributed by atoms with van der Waals surface area (Å²) in [6.07, 6.45) is 3.82. The number of hydrogen-bond donors (Lipinski definition) is 0. The molecule has 0 aromatic heterocycles. The van der Waals surface area contributed by atoms with E-state index in [1.54, 1.807) is 0 Å². The van der Waals surface area contributed by atoms with Gasteiger partial charge in [0.25, 0.3) is 0 Å². The molecule has 11 heavy (non-hydrogen) atoms. The van der Waals surface area contributed by atoms with Crippen LogP contribution in [-0.4, -0.2) is 29.8 Å². The average Bonchev–Trinajstić information content (AvgIpc) is 2.80. The fourth-order valence-corrected chi connectivity index (χ4v) is 0.946. The molecule has 0 bridgehead atoms. The zero-order chi connectivity index (χ0) is 7.94.